The fraction of sp³-hybridized carbons (Fsp3) is 0.357. The van der Waals surface area contributed by atoms with Gasteiger partial charge in [-0.05, 0) is 38.0 Å². The highest BCUT2D eigenvalue weighted by atomic mass is 19.4. The van der Waals surface area contributed by atoms with Crippen LogP contribution in [0.1, 0.15) is 30.1 Å². The molecule has 1 aromatic carbocycles. The average Bonchev–Trinajstić information content (AvgIpc) is 3.15. The standard InChI is InChI=1S/C14H13F4N3/c1-8-7-21(10-3-4-10)13(19-8)20-12-6-9(14(16,17)18)2-5-11(12)15/h2,5-7,10H,3-4H2,1H3,(H,19,20). The molecular weight excluding hydrogens is 286 g/mol. The molecule has 1 N–H and O–H groups in total. The van der Waals surface area contributed by atoms with Gasteiger partial charge in [0.1, 0.15) is 5.82 Å². The lowest BCUT2D eigenvalue weighted by molar-refractivity contribution is -0.137. The van der Waals surface area contributed by atoms with Crippen molar-refractivity contribution in [3.05, 3.63) is 41.5 Å². The fourth-order valence-corrected chi connectivity index (χ4v) is 2.16. The number of benzene rings is 1. The van der Waals surface area contributed by atoms with Gasteiger partial charge in [-0.1, -0.05) is 0 Å². The van der Waals surface area contributed by atoms with Crippen LogP contribution >= 0.6 is 0 Å². The molecule has 21 heavy (non-hydrogen) atoms. The van der Waals surface area contributed by atoms with Crippen LogP contribution in [0, 0.1) is 12.7 Å². The van der Waals surface area contributed by atoms with Crippen molar-refractivity contribution in [2.24, 2.45) is 0 Å². The third kappa shape index (κ3) is 2.86. The first-order valence-electron chi connectivity index (χ1n) is 6.54. The second-order valence-electron chi connectivity index (χ2n) is 5.16. The van der Waals surface area contributed by atoms with Crippen molar-refractivity contribution in [1.82, 2.24) is 9.55 Å². The molecule has 1 heterocycles. The summed E-state index contributed by atoms with van der Waals surface area (Å²) in [5.41, 5.74) is -0.387. The number of halogens is 4. The highest BCUT2D eigenvalue weighted by Gasteiger charge is 2.31. The molecular formula is C14H13F4N3. The zero-order valence-corrected chi connectivity index (χ0v) is 11.2. The lowest BCUT2D eigenvalue weighted by atomic mass is 10.2. The number of nitrogens with one attached hydrogen (secondary N) is 1. The van der Waals surface area contributed by atoms with E-state index in [0.29, 0.717) is 12.0 Å². The Morgan fingerprint density at radius 1 is 1.29 bits per heavy atom. The Morgan fingerprint density at radius 3 is 2.62 bits per heavy atom. The lowest BCUT2D eigenvalue weighted by Gasteiger charge is -2.12. The minimum absolute atomic E-state index is 0.225. The molecule has 1 saturated carbocycles. The van der Waals surface area contributed by atoms with E-state index in [0.717, 1.165) is 36.7 Å². The van der Waals surface area contributed by atoms with E-state index in [2.05, 4.69) is 10.3 Å². The van der Waals surface area contributed by atoms with Crippen LogP contribution < -0.4 is 5.32 Å². The fourth-order valence-electron chi connectivity index (χ4n) is 2.16. The summed E-state index contributed by atoms with van der Waals surface area (Å²) in [6.45, 7) is 1.78. The molecule has 0 aliphatic heterocycles. The van der Waals surface area contributed by atoms with E-state index < -0.39 is 17.6 Å². The molecule has 1 fully saturated rings. The lowest BCUT2D eigenvalue weighted by Crippen LogP contribution is -2.08. The summed E-state index contributed by atoms with van der Waals surface area (Å²) in [6, 6.07) is 2.58. The van der Waals surface area contributed by atoms with E-state index in [-0.39, 0.29) is 5.69 Å². The summed E-state index contributed by atoms with van der Waals surface area (Å²) in [5, 5.41) is 2.67. The minimum atomic E-state index is -4.51. The van der Waals surface area contributed by atoms with Crippen molar-refractivity contribution in [3.63, 3.8) is 0 Å². The Balaban J connectivity index is 1.94. The van der Waals surface area contributed by atoms with Crippen LogP contribution in [0.4, 0.5) is 29.2 Å². The maximum Gasteiger partial charge on any atom is 0.416 e. The molecule has 0 radical (unpaired) electrons. The summed E-state index contributed by atoms with van der Waals surface area (Å²) in [7, 11) is 0. The Labute approximate surface area is 118 Å². The number of nitrogens with zero attached hydrogens (tertiary/aromatic N) is 2. The largest absolute Gasteiger partial charge is 0.416 e. The molecule has 0 atom stereocenters. The van der Waals surface area contributed by atoms with Crippen LogP contribution in [0.2, 0.25) is 0 Å². The molecule has 0 unspecified atom stereocenters. The highest BCUT2D eigenvalue weighted by Crippen LogP contribution is 2.38. The molecule has 0 saturated heterocycles. The number of anilines is 2. The second kappa shape index (κ2) is 4.75. The average molecular weight is 299 g/mol. The van der Waals surface area contributed by atoms with Gasteiger partial charge >= 0.3 is 6.18 Å². The predicted molar refractivity (Wildman–Crippen MR) is 69.9 cm³/mol. The summed E-state index contributed by atoms with van der Waals surface area (Å²) >= 11 is 0. The Kier molecular flexibility index (Phi) is 3.15. The topological polar surface area (TPSA) is 29.9 Å². The normalized spacial score (nSPS) is 15.3. The molecule has 1 aliphatic carbocycles. The number of rotatable bonds is 3. The number of alkyl halides is 3. The van der Waals surface area contributed by atoms with Crippen LogP contribution in [-0.2, 0) is 6.18 Å². The molecule has 1 aromatic heterocycles. The molecule has 0 amide bonds. The van der Waals surface area contributed by atoms with Gasteiger partial charge in [0.15, 0.2) is 0 Å². The minimum Gasteiger partial charge on any atom is -0.323 e. The van der Waals surface area contributed by atoms with E-state index in [1.165, 1.54) is 0 Å². The van der Waals surface area contributed by atoms with Crippen molar-refractivity contribution in [1.29, 1.82) is 0 Å². The number of hydrogen-bond donors (Lipinski definition) is 1. The van der Waals surface area contributed by atoms with E-state index in [4.69, 9.17) is 0 Å². The summed E-state index contributed by atoms with van der Waals surface area (Å²) in [4.78, 5) is 4.20. The van der Waals surface area contributed by atoms with Gasteiger partial charge in [0.05, 0.1) is 16.9 Å². The SMILES string of the molecule is Cc1cn(C2CC2)c(Nc2cc(C(F)(F)F)ccc2F)n1. The summed E-state index contributed by atoms with van der Waals surface area (Å²) < 4.78 is 53.6. The van der Waals surface area contributed by atoms with Gasteiger partial charge in [-0.25, -0.2) is 9.37 Å². The first-order valence-corrected chi connectivity index (χ1v) is 6.54. The molecule has 3 rings (SSSR count). The van der Waals surface area contributed by atoms with Crippen LogP contribution in [0.25, 0.3) is 0 Å². The Hall–Kier alpha value is -2.05. The zero-order valence-electron chi connectivity index (χ0n) is 11.2. The first kappa shape index (κ1) is 13.9. The molecule has 3 nitrogen and oxygen atoms in total. The monoisotopic (exact) mass is 299 g/mol. The van der Waals surface area contributed by atoms with Gasteiger partial charge < -0.3 is 9.88 Å². The van der Waals surface area contributed by atoms with Crippen molar-refractivity contribution >= 4 is 11.6 Å². The van der Waals surface area contributed by atoms with Crippen molar-refractivity contribution < 1.29 is 17.6 Å². The van der Waals surface area contributed by atoms with Gasteiger partial charge in [-0.2, -0.15) is 13.2 Å². The quantitative estimate of drug-likeness (QED) is 0.850. The number of hydrogen-bond acceptors (Lipinski definition) is 2. The summed E-state index contributed by atoms with van der Waals surface area (Å²) in [5.74, 6) is -0.376. The summed E-state index contributed by atoms with van der Waals surface area (Å²) in [6.07, 6.45) is -0.706. The number of aryl methyl sites for hydroxylation is 1. The van der Waals surface area contributed by atoms with Crippen LogP contribution in [0.15, 0.2) is 24.4 Å². The van der Waals surface area contributed by atoms with E-state index in [9.17, 15) is 17.6 Å². The molecule has 0 bridgehead atoms. The molecule has 112 valence electrons. The Morgan fingerprint density at radius 2 is 2.00 bits per heavy atom. The molecule has 7 heteroatoms. The third-order valence-corrected chi connectivity index (χ3v) is 3.33. The van der Waals surface area contributed by atoms with Crippen LogP contribution in [0.3, 0.4) is 0 Å². The van der Waals surface area contributed by atoms with Crippen molar-refractivity contribution in [2.45, 2.75) is 32.0 Å². The maximum absolute atomic E-state index is 13.7. The van der Waals surface area contributed by atoms with Crippen molar-refractivity contribution in [2.75, 3.05) is 5.32 Å². The first-order chi connectivity index (χ1) is 9.84. The second-order valence-corrected chi connectivity index (χ2v) is 5.16. The third-order valence-electron chi connectivity index (χ3n) is 3.33. The zero-order chi connectivity index (χ0) is 15.2. The van der Waals surface area contributed by atoms with E-state index in [1.807, 2.05) is 10.8 Å². The van der Waals surface area contributed by atoms with Gasteiger partial charge in [0, 0.05) is 12.2 Å². The maximum atomic E-state index is 13.7. The van der Waals surface area contributed by atoms with Crippen molar-refractivity contribution in [3.8, 4) is 0 Å². The van der Waals surface area contributed by atoms with Gasteiger partial charge in [-0.15, -0.1) is 0 Å². The molecule has 1 aliphatic rings. The van der Waals surface area contributed by atoms with E-state index in [1.54, 1.807) is 6.92 Å². The number of imidazole rings is 1. The predicted octanol–water partition coefficient (Wildman–Crippen LogP) is 4.43. The highest BCUT2D eigenvalue weighted by molar-refractivity contribution is 5.56. The van der Waals surface area contributed by atoms with Crippen LogP contribution in [0.5, 0.6) is 0 Å². The smallest absolute Gasteiger partial charge is 0.323 e. The van der Waals surface area contributed by atoms with E-state index >= 15 is 0 Å². The Bertz CT molecular complexity index is 671. The van der Waals surface area contributed by atoms with Gasteiger partial charge in [-0.3, -0.25) is 0 Å². The van der Waals surface area contributed by atoms with Gasteiger partial charge in [0.25, 0.3) is 0 Å². The number of aromatic nitrogens is 2. The molecule has 0 spiro atoms. The van der Waals surface area contributed by atoms with Gasteiger partial charge in [0.2, 0.25) is 5.95 Å². The van der Waals surface area contributed by atoms with Crippen LogP contribution in [-0.4, -0.2) is 9.55 Å². The molecule has 2 aromatic rings.